The van der Waals surface area contributed by atoms with E-state index in [1.165, 1.54) is 110 Å². The molecule has 2 aromatic heterocycles. The highest BCUT2D eigenvalue weighted by atomic mass is 15.0. The van der Waals surface area contributed by atoms with Crippen LogP contribution in [0.2, 0.25) is 0 Å². The molecular formula is C44H26B2N2. The maximum atomic E-state index is 2.66. The van der Waals surface area contributed by atoms with Gasteiger partial charge in [-0.3, -0.25) is 0 Å². The second kappa shape index (κ2) is 8.21. The summed E-state index contributed by atoms with van der Waals surface area (Å²) in [5, 5.41) is 5.43. The molecule has 0 atom stereocenters. The molecule has 13 rings (SSSR count). The Bertz CT molecular complexity index is 2980. The Kier molecular flexibility index (Phi) is 4.18. The summed E-state index contributed by atoms with van der Waals surface area (Å²) < 4.78 is 5.27. The summed E-state index contributed by atoms with van der Waals surface area (Å²) in [5.41, 5.74) is 22.6. The molecule has 0 fully saturated rings. The molecule has 0 saturated carbocycles. The lowest BCUT2D eigenvalue weighted by molar-refractivity contribution is 1.15. The quantitative estimate of drug-likeness (QED) is 0.207. The third-order valence-electron chi connectivity index (χ3n) is 12.3. The number of para-hydroxylation sites is 2. The molecule has 218 valence electrons. The van der Waals surface area contributed by atoms with Crippen LogP contribution in [0.15, 0.2) is 133 Å². The summed E-state index contributed by atoms with van der Waals surface area (Å²) in [7, 11) is 0. The highest BCUT2D eigenvalue weighted by Gasteiger charge is 2.41. The van der Waals surface area contributed by atoms with Gasteiger partial charge in [0.05, 0.1) is 11.0 Å². The lowest BCUT2D eigenvalue weighted by atomic mass is 9.32. The van der Waals surface area contributed by atoms with Crippen LogP contribution in [-0.4, -0.2) is 22.6 Å². The molecule has 0 amide bonds. The molecule has 6 heterocycles. The Morgan fingerprint density at radius 1 is 0.375 bits per heavy atom. The van der Waals surface area contributed by atoms with Gasteiger partial charge in [0.25, 0.3) is 0 Å². The van der Waals surface area contributed by atoms with Crippen molar-refractivity contribution in [3.05, 3.63) is 156 Å². The van der Waals surface area contributed by atoms with E-state index in [0.717, 1.165) is 12.8 Å². The minimum absolute atomic E-state index is 0.246. The van der Waals surface area contributed by atoms with E-state index >= 15 is 0 Å². The highest BCUT2D eigenvalue weighted by molar-refractivity contribution is 6.99. The molecule has 0 N–H and O–H groups in total. The molecule has 0 unspecified atom stereocenters. The number of benzene rings is 7. The van der Waals surface area contributed by atoms with E-state index in [-0.39, 0.29) is 13.4 Å². The van der Waals surface area contributed by atoms with Crippen LogP contribution in [0.5, 0.6) is 0 Å². The monoisotopic (exact) mass is 604 g/mol. The van der Waals surface area contributed by atoms with Crippen molar-refractivity contribution in [2.24, 2.45) is 0 Å². The number of aromatic nitrogens is 2. The second-order valence-corrected chi connectivity index (χ2v) is 14.3. The first kappa shape index (κ1) is 24.4. The van der Waals surface area contributed by atoms with Crippen molar-refractivity contribution in [1.29, 1.82) is 0 Å². The topological polar surface area (TPSA) is 9.86 Å². The van der Waals surface area contributed by atoms with Crippen LogP contribution in [0.25, 0.3) is 55.0 Å². The predicted octanol–water partition coefficient (Wildman–Crippen LogP) is 5.35. The van der Waals surface area contributed by atoms with Gasteiger partial charge >= 0.3 is 0 Å². The summed E-state index contributed by atoms with van der Waals surface area (Å²) >= 11 is 0. The largest absolute Gasteiger partial charge is 0.310 e. The number of hydrogen-bond acceptors (Lipinski definition) is 0. The molecule has 7 aromatic carbocycles. The van der Waals surface area contributed by atoms with E-state index in [4.69, 9.17) is 0 Å². The standard InChI is InChI=1S/C44H26B2N2/c1-3-13-32-26(10-1)24-28-19-20-31-39-37(47-36-17-6-5-15-34(36)45(32)41(28)44(31)47)22-21-30-29-12-8-16-35-42(29)48(43(30)39)38-18-7-11-27-23-25-9-2-4-14-33(25)46(35)40(27)38/h1-22H,23-24H2. The molecule has 0 aliphatic carbocycles. The van der Waals surface area contributed by atoms with Crippen LogP contribution in [0, 0.1) is 0 Å². The van der Waals surface area contributed by atoms with E-state index in [2.05, 4.69) is 143 Å². The average Bonchev–Trinajstić information content (AvgIpc) is 3.66. The first-order chi connectivity index (χ1) is 23.8. The Morgan fingerprint density at radius 2 is 0.979 bits per heavy atom. The zero-order chi connectivity index (χ0) is 30.8. The summed E-state index contributed by atoms with van der Waals surface area (Å²) in [6.45, 7) is 0.496. The molecule has 4 heteroatoms. The molecule has 0 radical (unpaired) electrons. The average molecular weight is 604 g/mol. The Morgan fingerprint density at radius 3 is 1.81 bits per heavy atom. The van der Waals surface area contributed by atoms with Crippen LogP contribution in [0.4, 0.5) is 0 Å². The van der Waals surface area contributed by atoms with E-state index in [1.807, 2.05) is 0 Å². The molecule has 4 aliphatic heterocycles. The number of nitrogens with zero attached hydrogens (tertiary/aromatic N) is 2. The van der Waals surface area contributed by atoms with Gasteiger partial charge in [-0.1, -0.05) is 126 Å². The highest BCUT2D eigenvalue weighted by Crippen LogP contribution is 2.43. The first-order valence-electron chi connectivity index (χ1n) is 17.3. The first-order valence-corrected chi connectivity index (χ1v) is 17.3. The fourth-order valence-electron chi connectivity index (χ4n) is 10.6. The van der Waals surface area contributed by atoms with Gasteiger partial charge in [0, 0.05) is 44.0 Å². The molecule has 0 spiro atoms. The summed E-state index contributed by atoms with van der Waals surface area (Å²) in [4.78, 5) is 0. The lowest BCUT2D eigenvalue weighted by Crippen LogP contribution is -2.60. The Hall–Kier alpha value is -5.73. The van der Waals surface area contributed by atoms with Crippen molar-refractivity contribution in [1.82, 2.24) is 9.13 Å². The van der Waals surface area contributed by atoms with E-state index in [0.29, 0.717) is 0 Å². The fourth-order valence-corrected chi connectivity index (χ4v) is 10.6. The molecule has 0 saturated heterocycles. The van der Waals surface area contributed by atoms with Gasteiger partial charge in [0.15, 0.2) is 0 Å². The third kappa shape index (κ3) is 2.64. The molecule has 4 aliphatic rings. The number of rotatable bonds is 0. The minimum atomic E-state index is 0.246. The van der Waals surface area contributed by atoms with Crippen molar-refractivity contribution in [3.63, 3.8) is 0 Å². The Labute approximate surface area is 278 Å². The SMILES string of the molecule is c1ccc2c(c1)Cc1ccc3c4c(ccc5c6cccc7c6n(c54)-c4cccc5c4B7c4ccccc4C5)n4c3c1B2c1ccccc1-4. The van der Waals surface area contributed by atoms with Crippen molar-refractivity contribution in [2.45, 2.75) is 12.8 Å². The smallest absolute Gasteiger partial charge is 0.247 e. The second-order valence-electron chi connectivity index (χ2n) is 14.3. The van der Waals surface area contributed by atoms with Crippen LogP contribution >= 0.6 is 0 Å². The molecule has 9 aromatic rings. The zero-order valence-corrected chi connectivity index (χ0v) is 26.2. The van der Waals surface area contributed by atoms with Gasteiger partial charge in [0.1, 0.15) is 0 Å². The maximum Gasteiger partial charge on any atom is 0.247 e. The van der Waals surface area contributed by atoms with Crippen LogP contribution in [0.3, 0.4) is 0 Å². The third-order valence-corrected chi connectivity index (χ3v) is 12.3. The van der Waals surface area contributed by atoms with E-state index in [9.17, 15) is 0 Å². The molecule has 48 heavy (non-hydrogen) atoms. The minimum Gasteiger partial charge on any atom is -0.310 e. The van der Waals surface area contributed by atoms with E-state index < -0.39 is 0 Å². The summed E-state index contributed by atoms with van der Waals surface area (Å²) in [5.74, 6) is 0. The summed E-state index contributed by atoms with van der Waals surface area (Å²) in [6.07, 6.45) is 1.97. The van der Waals surface area contributed by atoms with Crippen molar-refractivity contribution < 1.29 is 0 Å². The lowest BCUT2D eigenvalue weighted by Gasteiger charge is -2.33. The summed E-state index contributed by atoms with van der Waals surface area (Å²) in [6, 6.07) is 51.2. The van der Waals surface area contributed by atoms with Crippen molar-refractivity contribution >= 4 is 89.8 Å². The van der Waals surface area contributed by atoms with Gasteiger partial charge in [-0.15, -0.1) is 0 Å². The normalized spacial score (nSPS) is 14.4. The van der Waals surface area contributed by atoms with Crippen LogP contribution < -0.4 is 32.8 Å². The molecule has 0 bridgehead atoms. The zero-order valence-electron chi connectivity index (χ0n) is 26.2. The van der Waals surface area contributed by atoms with Crippen LogP contribution in [-0.2, 0) is 12.8 Å². The fraction of sp³-hybridized carbons (Fsp3) is 0.0455. The van der Waals surface area contributed by atoms with Gasteiger partial charge in [0.2, 0.25) is 13.4 Å². The van der Waals surface area contributed by atoms with Gasteiger partial charge < -0.3 is 9.13 Å². The van der Waals surface area contributed by atoms with Crippen molar-refractivity contribution in [3.8, 4) is 11.4 Å². The van der Waals surface area contributed by atoms with E-state index in [1.54, 1.807) is 0 Å². The number of hydrogen-bond donors (Lipinski definition) is 0. The maximum absolute atomic E-state index is 2.66. The predicted molar refractivity (Wildman–Crippen MR) is 203 cm³/mol. The van der Waals surface area contributed by atoms with Crippen molar-refractivity contribution in [2.75, 3.05) is 0 Å². The van der Waals surface area contributed by atoms with Gasteiger partial charge in [-0.25, -0.2) is 0 Å². The molecular weight excluding hydrogens is 578 g/mol. The number of fused-ring (bicyclic) bond motifs is 16. The Balaban J connectivity index is 1.24. The van der Waals surface area contributed by atoms with Crippen LogP contribution in [0.1, 0.15) is 22.3 Å². The van der Waals surface area contributed by atoms with Gasteiger partial charge in [-0.2, -0.15) is 0 Å². The molecule has 2 nitrogen and oxygen atoms in total. The van der Waals surface area contributed by atoms with Gasteiger partial charge in [-0.05, 0) is 75.1 Å².